The van der Waals surface area contributed by atoms with Crippen molar-refractivity contribution < 1.29 is 18.0 Å². The summed E-state index contributed by atoms with van der Waals surface area (Å²) in [5.74, 6) is 0.427. The number of anilines is 1. The second-order valence-electron chi connectivity index (χ2n) is 10.8. The number of ketones is 1. The van der Waals surface area contributed by atoms with Gasteiger partial charge >= 0.3 is 6.18 Å². The molecule has 0 radical (unpaired) electrons. The maximum absolute atomic E-state index is 12.8. The van der Waals surface area contributed by atoms with Crippen LogP contribution < -0.4 is 4.90 Å². The largest absolute Gasteiger partial charge is 0.395 e. The highest BCUT2D eigenvalue weighted by Crippen LogP contribution is 2.39. The first kappa shape index (κ1) is 26.1. The lowest BCUT2D eigenvalue weighted by Crippen LogP contribution is -2.53. The van der Waals surface area contributed by atoms with Crippen LogP contribution in [0.3, 0.4) is 0 Å². The number of alkyl halides is 3. The first-order valence-electron chi connectivity index (χ1n) is 13.2. The van der Waals surface area contributed by atoms with E-state index >= 15 is 0 Å². The summed E-state index contributed by atoms with van der Waals surface area (Å²) >= 11 is 3.21. The Morgan fingerprint density at radius 3 is 2.50 bits per heavy atom. The van der Waals surface area contributed by atoms with Crippen molar-refractivity contribution in [3.8, 4) is 0 Å². The van der Waals surface area contributed by atoms with Crippen molar-refractivity contribution in [2.24, 2.45) is 17.8 Å². The van der Waals surface area contributed by atoms with Crippen molar-refractivity contribution in [2.45, 2.75) is 70.9 Å². The smallest absolute Gasteiger partial charge is 0.347 e. The van der Waals surface area contributed by atoms with Gasteiger partial charge in [0.1, 0.15) is 5.78 Å². The molecule has 1 saturated heterocycles. The molecule has 2 aliphatic heterocycles. The first-order chi connectivity index (χ1) is 17.2. The molecular weight excluding hydrogens is 505 g/mol. The lowest BCUT2D eigenvalue weighted by molar-refractivity contribution is -0.180. The summed E-state index contributed by atoms with van der Waals surface area (Å²) in [6.45, 7) is 5.14. The average molecular weight is 541 g/mol. The van der Waals surface area contributed by atoms with Crippen molar-refractivity contribution in [1.29, 1.82) is 0 Å². The van der Waals surface area contributed by atoms with E-state index < -0.39 is 12.1 Å². The Balaban J connectivity index is 0.996. The average Bonchev–Trinajstić information content (AvgIpc) is 3.32. The number of halogens is 3. The molecule has 0 atom stereocenters. The fourth-order valence-corrected chi connectivity index (χ4v) is 7.70. The highest BCUT2D eigenvalue weighted by molar-refractivity contribution is 7.15. The van der Waals surface area contributed by atoms with Crippen LogP contribution in [0.1, 0.15) is 59.0 Å². The number of carbonyl (C=O) groups excluding carboxylic acids is 1. The lowest BCUT2D eigenvalue weighted by atomic mass is 9.78. The van der Waals surface area contributed by atoms with Crippen LogP contribution >= 0.6 is 22.7 Å². The van der Waals surface area contributed by atoms with E-state index in [0.717, 1.165) is 71.9 Å². The number of hydrogen-bond donors (Lipinski definition) is 0. The van der Waals surface area contributed by atoms with Gasteiger partial charge in [0.05, 0.1) is 16.6 Å². The molecule has 2 fully saturated rings. The molecule has 4 heterocycles. The monoisotopic (exact) mass is 540 g/mol. The number of fused-ring (bicyclic) bond motifs is 1. The normalized spacial score (nSPS) is 23.8. The van der Waals surface area contributed by atoms with Crippen molar-refractivity contribution >= 4 is 33.6 Å². The molecule has 5 nitrogen and oxygen atoms in total. The van der Waals surface area contributed by atoms with Crippen molar-refractivity contribution in [1.82, 2.24) is 14.9 Å². The van der Waals surface area contributed by atoms with Gasteiger partial charge in [-0.25, -0.2) is 9.97 Å². The predicted octanol–water partition coefficient (Wildman–Crippen LogP) is 5.71. The number of aryl methyl sites for hydroxylation is 1. The molecule has 3 aliphatic rings. The van der Waals surface area contributed by atoms with Crippen LogP contribution in [0.4, 0.5) is 18.3 Å². The number of hydrogen-bond acceptors (Lipinski definition) is 7. The Hall–Kier alpha value is -1.52. The lowest BCUT2D eigenvalue weighted by Gasteiger charge is -2.39. The molecule has 0 N–H and O–H groups in total. The van der Waals surface area contributed by atoms with Crippen LogP contribution in [0.15, 0.2) is 6.20 Å². The van der Waals surface area contributed by atoms with Gasteiger partial charge in [-0.15, -0.1) is 22.7 Å². The van der Waals surface area contributed by atoms with E-state index in [1.165, 1.54) is 24.1 Å². The fourth-order valence-electron chi connectivity index (χ4n) is 5.76. The van der Waals surface area contributed by atoms with E-state index in [2.05, 4.69) is 9.88 Å². The van der Waals surface area contributed by atoms with Gasteiger partial charge in [-0.3, -0.25) is 4.79 Å². The Kier molecular flexibility index (Phi) is 8.03. The Morgan fingerprint density at radius 2 is 1.81 bits per heavy atom. The fraction of sp³-hybridized carbons (Fsp3) is 0.731. The summed E-state index contributed by atoms with van der Waals surface area (Å²) < 4.78 is 38.4. The summed E-state index contributed by atoms with van der Waals surface area (Å²) in [7, 11) is 0. The summed E-state index contributed by atoms with van der Waals surface area (Å²) in [5.41, 5.74) is 1.09. The molecule has 0 unspecified atom stereocenters. The van der Waals surface area contributed by atoms with Gasteiger partial charge in [0.15, 0.2) is 5.13 Å². The standard InChI is InChI=1S/C26H35F3N4OS2/c1-17-30-14-22(35-17)13-21(34)12-19-4-2-18(3-5-19)6-9-32-10-7-23-24(8-11-32)36-25(31-23)33-15-20(16-33)26(27,28)29/h14,18-20H,2-13,15-16H2,1H3. The maximum atomic E-state index is 12.8. The van der Waals surface area contributed by atoms with E-state index in [-0.39, 0.29) is 13.1 Å². The number of Topliss-reactive ketones (excluding diaryl/α,β-unsaturated/α-hetero) is 1. The molecule has 36 heavy (non-hydrogen) atoms. The third-order valence-corrected chi connectivity index (χ3v) is 10.2. The van der Waals surface area contributed by atoms with Gasteiger partial charge in [-0.2, -0.15) is 13.2 Å². The van der Waals surface area contributed by atoms with E-state index in [0.29, 0.717) is 24.5 Å². The van der Waals surface area contributed by atoms with Gasteiger partial charge in [-0.05, 0) is 51.0 Å². The minimum Gasteiger partial charge on any atom is -0.347 e. The highest BCUT2D eigenvalue weighted by atomic mass is 32.1. The number of aromatic nitrogens is 2. The Morgan fingerprint density at radius 1 is 1.08 bits per heavy atom. The van der Waals surface area contributed by atoms with Crippen molar-refractivity contribution in [3.63, 3.8) is 0 Å². The predicted molar refractivity (Wildman–Crippen MR) is 138 cm³/mol. The molecule has 0 aromatic carbocycles. The molecule has 5 rings (SSSR count). The molecule has 2 aromatic heterocycles. The van der Waals surface area contributed by atoms with E-state index in [1.807, 2.05) is 13.1 Å². The Labute approximate surface area is 219 Å². The van der Waals surface area contributed by atoms with Crippen LogP contribution in [-0.4, -0.2) is 59.6 Å². The molecule has 1 aliphatic carbocycles. The highest BCUT2D eigenvalue weighted by Gasteiger charge is 2.48. The van der Waals surface area contributed by atoms with E-state index in [4.69, 9.17) is 4.98 Å². The molecular formula is C26H35F3N4OS2. The second-order valence-corrected chi connectivity index (χ2v) is 13.2. The minimum absolute atomic E-state index is 0.0459. The molecule has 2 aromatic rings. The number of rotatable bonds is 8. The molecule has 0 bridgehead atoms. The summed E-state index contributed by atoms with van der Waals surface area (Å²) in [5, 5.41) is 1.79. The number of carbonyl (C=O) groups is 1. The molecule has 1 saturated carbocycles. The SMILES string of the molecule is Cc1ncc(CC(=O)CC2CCC(CCN3CCc4nc(N5CC(C(F)(F)F)C5)sc4CC3)CC2)s1. The van der Waals surface area contributed by atoms with Crippen LogP contribution in [0.2, 0.25) is 0 Å². The molecule has 0 amide bonds. The second kappa shape index (κ2) is 11.1. The van der Waals surface area contributed by atoms with Crippen molar-refractivity contribution in [2.75, 3.05) is 37.6 Å². The topological polar surface area (TPSA) is 49.3 Å². The number of thiazole rings is 2. The van der Waals surface area contributed by atoms with Gasteiger partial charge in [0.2, 0.25) is 0 Å². The zero-order valence-corrected chi connectivity index (χ0v) is 22.5. The van der Waals surface area contributed by atoms with Crippen LogP contribution in [0, 0.1) is 24.7 Å². The summed E-state index contributed by atoms with van der Waals surface area (Å²) in [4.78, 5) is 28.1. The third-order valence-electron chi connectivity index (χ3n) is 8.08. The molecule has 10 heteroatoms. The maximum Gasteiger partial charge on any atom is 0.395 e. The van der Waals surface area contributed by atoms with Gasteiger partial charge in [-0.1, -0.05) is 12.8 Å². The van der Waals surface area contributed by atoms with Gasteiger partial charge in [0.25, 0.3) is 0 Å². The van der Waals surface area contributed by atoms with Crippen molar-refractivity contribution in [3.05, 3.63) is 26.7 Å². The van der Waals surface area contributed by atoms with Crippen LogP contribution in [0.5, 0.6) is 0 Å². The van der Waals surface area contributed by atoms with Gasteiger partial charge in [0, 0.05) is 61.4 Å². The zero-order valence-electron chi connectivity index (χ0n) is 20.9. The summed E-state index contributed by atoms with van der Waals surface area (Å²) in [6.07, 6.45) is 6.79. The van der Waals surface area contributed by atoms with Gasteiger partial charge < -0.3 is 9.80 Å². The molecule has 198 valence electrons. The van der Waals surface area contributed by atoms with Crippen LogP contribution in [0.25, 0.3) is 0 Å². The third kappa shape index (κ3) is 6.48. The Bertz CT molecular complexity index is 1010. The first-order valence-corrected chi connectivity index (χ1v) is 14.8. The van der Waals surface area contributed by atoms with E-state index in [1.54, 1.807) is 27.6 Å². The number of nitrogens with zero attached hydrogens (tertiary/aromatic N) is 4. The quantitative estimate of drug-likeness (QED) is 0.430. The minimum atomic E-state index is -4.09. The van der Waals surface area contributed by atoms with E-state index in [9.17, 15) is 18.0 Å². The molecule has 0 spiro atoms. The summed E-state index contributed by atoms with van der Waals surface area (Å²) in [6, 6.07) is 0. The zero-order chi connectivity index (χ0) is 25.3. The van der Waals surface area contributed by atoms with Crippen LogP contribution in [-0.2, 0) is 24.1 Å².